The highest BCUT2D eigenvalue weighted by atomic mass is 19.1. The van der Waals surface area contributed by atoms with Gasteiger partial charge in [-0.1, -0.05) is 18.2 Å². The van der Waals surface area contributed by atoms with E-state index >= 15 is 8.78 Å². The molecule has 5 rings (SSSR count). The van der Waals surface area contributed by atoms with Crippen molar-refractivity contribution < 1.29 is 23.4 Å². The molecular formula is C26H28F2N2O3. The number of nitrogens with one attached hydrogen (secondary N) is 1. The highest BCUT2D eigenvalue weighted by Gasteiger charge is 2.47. The van der Waals surface area contributed by atoms with Gasteiger partial charge in [0.05, 0.1) is 12.0 Å². The number of alkyl halides is 1. The molecule has 2 N–H and O–H groups in total. The zero-order valence-electron chi connectivity index (χ0n) is 18.5. The van der Waals surface area contributed by atoms with Gasteiger partial charge in [0.2, 0.25) is 0 Å². The summed E-state index contributed by atoms with van der Waals surface area (Å²) in [4.78, 5) is 16.7. The summed E-state index contributed by atoms with van der Waals surface area (Å²) >= 11 is 0. The number of halogens is 2. The van der Waals surface area contributed by atoms with Gasteiger partial charge in [-0.3, -0.25) is 4.90 Å². The Morgan fingerprint density at radius 2 is 2.03 bits per heavy atom. The van der Waals surface area contributed by atoms with Crippen LogP contribution < -0.4 is 0 Å². The lowest BCUT2D eigenvalue weighted by molar-refractivity contribution is -0.131. The average Bonchev–Trinajstić information content (AvgIpc) is 3.16. The molecule has 1 aromatic heterocycles. The Balaban J connectivity index is 1.60. The lowest BCUT2D eigenvalue weighted by atomic mass is 9.78. The number of benzene rings is 1. The fraction of sp³-hybridized carbons (Fsp3) is 0.423. The molecule has 33 heavy (non-hydrogen) atoms. The van der Waals surface area contributed by atoms with E-state index < -0.39 is 29.9 Å². The van der Waals surface area contributed by atoms with Crippen molar-refractivity contribution >= 4 is 16.9 Å². The highest BCUT2D eigenvalue weighted by molar-refractivity contribution is 5.85. The number of rotatable bonds is 4. The van der Waals surface area contributed by atoms with Gasteiger partial charge >= 0.3 is 5.97 Å². The van der Waals surface area contributed by atoms with E-state index in [0.717, 1.165) is 47.5 Å². The minimum absolute atomic E-state index is 0.113. The van der Waals surface area contributed by atoms with Gasteiger partial charge in [-0.25, -0.2) is 13.6 Å². The van der Waals surface area contributed by atoms with Crippen LogP contribution in [0.3, 0.4) is 0 Å². The van der Waals surface area contributed by atoms with E-state index in [1.165, 1.54) is 18.2 Å². The van der Waals surface area contributed by atoms with Gasteiger partial charge in [0.25, 0.3) is 0 Å². The topological polar surface area (TPSA) is 65.6 Å². The number of fused-ring (bicyclic) bond motifs is 3. The van der Waals surface area contributed by atoms with Gasteiger partial charge in [-0.05, 0) is 61.6 Å². The molecular weight excluding hydrogens is 426 g/mol. The Labute approximate surface area is 191 Å². The minimum Gasteiger partial charge on any atom is -0.478 e. The SMILES string of the molecule is C[C@@H]1Cc2c([nH]c3ccccc23)[C@@H](C2C(F)=CC(/C=C/C(=O)O)=CC2F)N1C1CCOCC1. The maximum atomic E-state index is 15.7. The summed E-state index contributed by atoms with van der Waals surface area (Å²) in [6, 6.07) is 7.81. The number of allylic oxidation sites excluding steroid dienone is 4. The van der Waals surface area contributed by atoms with Crippen LogP contribution in [0.4, 0.5) is 8.78 Å². The average molecular weight is 455 g/mol. The monoisotopic (exact) mass is 454 g/mol. The number of aromatic amines is 1. The fourth-order valence-corrected chi connectivity index (χ4v) is 5.79. The lowest BCUT2D eigenvalue weighted by Crippen LogP contribution is -2.53. The Hall–Kier alpha value is -2.77. The van der Waals surface area contributed by atoms with Crippen molar-refractivity contribution in [1.82, 2.24) is 9.88 Å². The molecule has 1 aromatic carbocycles. The van der Waals surface area contributed by atoms with Gasteiger partial charge in [0.15, 0.2) is 0 Å². The van der Waals surface area contributed by atoms with Crippen molar-refractivity contribution in [3.63, 3.8) is 0 Å². The summed E-state index contributed by atoms with van der Waals surface area (Å²) in [5.74, 6) is -2.73. The number of ether oxygens (including phenoxy) is 1. The summed E-state index contributed by atoms with van der Waals surface area (Å²) in [6.07, 6.45) is 5.61. The van der Waals surface area contributed by atoms with E-state index in [-0.39, 0.29) is 17.7 Å². The Bertz CT molecular complexity index is 1150. The molecule has 1 fully saturated rings. The number of aliphatic carboxylic acids is 1. The first-order chi connectivity index (χ1) is 15.9. The highest BCUT2D eigenvalue weighted by Crippen LogP contribution is 2.48. The molecule has 0 amide bonds. The molecule has 1 saturated heterocycles. The number of hydrogen-bond acceptors (Lipinski definition) is 3. The number of para-hydroxylation sites is 1. The minimum atomic E-state index is -1.58. The maximum absolute atomic E-state index is 15.7. The third kappa shape index (κ3) is 4.04. The molecule has 0 radical (unpaired) electrons. The molecule has 3 heterocycles. The number of carboxylic acid groups (broad SMARTS) is 1. The summed E-state index contributed by atoms with van der Waals surface area (Å²) < 4.78 is 36.8. The normalized spacial score (nSPS) is 29.2. The number of H-pyrrole nitrogens is 1. The first-order valence-electron chi connectivity index (χ1n) is 11.5. The summed E-state index contributed by atoms with van der Waals surface area (Å²) in [5.41, 5.74) is 3.23. The largest absolute Gasteiger partial charge is 0.478 e. The quantitative estimate of drug-likeness (QED) is 0.637. The molecule has 2 unspecified atom stereocenters. The number of aromatic nitrogens is 1. The van der Waals surface area contributed by atoms with Gasteiger partial charge in [0, 0.05) is 48.0 Å². The third-order valence-corrected chi connectivity index (χ3v) is 7.16. The molecule has 1 aliphatic carbocycles. The second-order valence-corrected chi connectivity index (χ2v) is 9.19. The molecule has 174 valence electrons. The first kappa shape index (κ1) is 22.0. The van der Waals surface area contributed by atoms with Gasteiger partial charge < -0.3 is 14.8 Å². The number of carboxylic acids is 1. The molecule has 2 aromatic rings. The lowest BCUT2D eigenvalue weighted by Gasteiger charge is -2.49. The van der Waals surface area contributed by atoms with E-state index in [4.69, 9.17) is 9.84 Å². The van der Waals surface area contributed by atoms with Gasteiger partial charge in [-0.15, -0.1) is 0 Å². The maximum Gasteiger partial charge on any atom is 0.328 e. The standard InChI is InChI=1S/C26H28F2N2O3/c1-15-12-19-18-4-2-3-5-22(18)29-25(19)26(30(15)17-8-10-33-11-9-17)24-20(27)13-16(14-21(24)28)6-7-23(31)32/h2-7,13-15,17,20,24,26,29H,8-12H2,1H3,(H,31,32)/b7-6+/t15-,20?,24?,26-/m1/s1. The van der Waals surface area contributed by atoms with Crippen LogP contribution in [-0.4, -0.2) is 52.4 Å². The number of nitrogens with zero attached hydrogens (tertiary/aromatic N) is 1. The van der Waals surface area contributed by atoms with Crippen LogP contribution in [0, 0.1) is 5.92 Å². The Morgan fingerprint density at radius 3 is 2.76 bits per heavy atom. The molecule has 5 nitrogen and oxygen atoms in total. The van der Waals surface area contributed by atoms with Crippen molar-refractivity contribution in [3.8, 4) is 0 Å². The summed E-state index contributed by atoms with van der Waals surface area (Å²) in [7, 11) is 0. The number of hydrogen-bond donors (Lipinski definition) is 2. The molecule has 0 spiro atoms. The Kier molecular flexibility index (Phi) is 5.93. The molecule has 7 heteroatoms. The van der Waals surface area contributed by atoms with Gasteiger partial charge in [0.1, 0.15) is 12.0 Å². The van der Waals surface area contributed by atoms with Crippen molar-refractivity contribution in [2.24, 2.45) is 5.92 Å². The van der Waals surface area contributed by atoms with Crippen LogP contribution in [0.25, 0.3) is 10.9 Å². The van der Waals surface area contributed by atoms with E-state index in [1.54, 1.807) is 0 Å². The first-order valence-corrected chi connectivity index (χ1v) is 11.5. The van der Waals surface area contributed by atoms with E-state index in [1.807, 2.05) is 18.2 Å². The molecule has 0 bridgehead atoms. The second-order valence-electron chi connectivity index (χ2n) is 9.19. The predicted octanol–water partition coefficient (Wildman–Crippen LogP) is 5.02. The van der Waals surface area contributed by atoms with Crippen LogP contribution in [-0.2, 0) is 16.0 Å². The van der Waals surface area contributed by atoms with Crippen LogP contribution in [0.15, 0.2) is 60.0 Å². The van der Waals surface area contributed by atoms with Crippen molar-refractivity contribution in [2.75, 3.05) is 13.2 Å². The molecule has 4 atom stereocenters. The Morgan fingerprint density at radius 1 is 1.27 bits per heavy atom. The molecule has 2 aliphatic heterocycles. The third-order valence-electron chi connectivity index (χ3n) is 7.16. The second kappa shape index (κ2) is 8.88. The number of carbonyl (C=O) groups is 1. The summed E-state index contributed by atoms with van der Waals surface area (Å²) in [5, 5.41) is 9.98. The van der Waals surface area contributed by atoms with Crippen LogP contribution >= 0.6 is 0 Å². The van der Waals surface area contributed by atoms with E-state index in [9.17, 15) is 4.79 Å². The van der Waals surface area contributed by atoms with Crippen molar-refractivity contribution in [2.45, 2.75) is 50.5 Å². The van der Waals surface area contributed by atoms with Crippen LogP contribution in [0.1, 0.15) is 37.1 Å². The molecule has 3 aliphatic rings. The fourth-order valence-electron chi connectivity index (χ4n) is 5.79. The van der Waals surface area contributed by atoms with Crippen LogP contribution in [0.5, 0.6) is 0 Å². The molecule has 0 saturated carbocycles. The van der Waals surface area contributed by atoms with Crippen LogP contribution in [0.2, 0.25) is 0 Å². The van der Waals surface area contributed by atoms with Crippen molar-refractivity contribution in [3.05, 3.63) is 71.2 Å². The van der Waals surface area contributed by atoms with Gasteiger partial charge in [-0.2, -0.15) is 0 Å². The zero-order valence-corrected chi connectivity index (χ0v) is 18.5. The van der Waals surface area contributed by atoms with Crippen molar-refractivity contribution in [1.29, 1.82) is 0 Å². The predicted molar refractivity (Wildman–Crippen MR) is 122 cm³/mol. The van der Waals surface area contributed by atoms with E-state index in [0.29, 0.717) is 13.2 Å². The summed E-state index contributed by atoms with van der Waals surface area (Å²) in [6.45, 7) is 3.43. The van der Waals surface area contributed by atoms with E-state index in [2.05, 4.69) is 22.9 Å². The smallest absolute Gasteiger partial charge is 0.328 e. The zero-order chi connectivity index (χ0) is 23.1.